The number of carbonyl (C=O) groups excluding carboxylic acids is 2. The van der Waals surface area contributed by atoms with Crippen LogP contribution < -0.4 is 10.6 Å². The summed E-state index contributed by atoms with van der Waals surface area (Å²) in [6.07, 6.45) is -0.277. The molecule has 0 saturated heterocycles. The predicted molar refractivity (Wildman–Crippen MR) is 84.4 cm³/mol. The van der Waals surface area contributed by atoms with Gasteiger partial charge in [0.15, 0.2) is 0 Å². The molecule has 21 heavy (non-hydrogen) atoms. The maximum atomic E-state index is 11.8. The lowest BCUT2D eigenvalue weighted by molar-refractivity contribution is -0.121. The molecule has 2 amide bonds. The van der Waals surface area contributed by atoms with Crippen molar-refractivity contribution in [3.63, 3.8) is 0 Å². The summed E-state index contributed by atoms with van der Waals surface area (Å²) in [6, 6.07) is 3.76. The van der Waals surface area contributed by atoms with Crippen molar-refractivity contribution in [2.45, 2.75) is 59.2 Å². The molecule has 0 aliphatic heterocycles. The lowest BCUT2D eigenvalue weighted by Crippen LogP contribution is -2.40. The zero-order valence-corrected chi connectivity index (χ0v) is 14.1. The van der Waals surface area contributed by atoms with Crippen molar-refractivity contribution in [1.82, 2.24) is 10.6 Å². The van der Waals surface area contributed by atoms with Gasteiger partial charge in [-0.15, -0.1) is 11.3 Å². The van der Waals surface area contributed by atoms with E-state index < -0.39 is 11.7 Å². The molecule has 0 fully saturated rings. The minimum atomic E-state index is -0.539. The van der Waals surface area contributed by atoms with E-state index in [0.29, 0.717) is 6.54 Å². The van der Waals surface area contributed by atoms with Crippen molar-refractivity contribution in [3.05, 3.63) is 21.9 Å². The summed E-state index contributed by atoms with van der Waals surface area (Å²) in [5, 5.41) is 5.49. The van der Waals surface area contributed by atoms with Crippen molar-refractivity contribution in [2.24, 2.45) is 0 Å². The van der Waals surface area contributed by atoms with Crippen LogP contribution in [0.2, 0.25) is 0 Å². The summed E-state index contributed by atoms with van der Waals surface area (Å²) in [4.78, 5) is 25.7. The third-order valence-electron chi connectivity index (χ3n) is 2.51. The Balaban J connectivity index is 2.28. The molecule has 0 saturated carbocycles. The molecule has 118 valence electrons. The number of hydrogen-bond donors (Lipinski definition) is 2. The number of alkyl carbamates (subject to hydrolysis) is 1. The van der Waals surface area contributed by atoms with Crippen molar-refractivity contribution in [3.8, 4) is 0 Å². The van der Waals surface area contributed by atoms with E-state index in [9.17, 15) is 9.59 Å². The molecule has 0 spiro atoms. The smallest absolute Gasteiger partial charge is 0.407 e. The highest BCUT2D eigenvalue weighted by Crippen LogP contribution is 2.14. The van der Waals surface area contributed by atoms with Crippen LogP contribution in [-0.4, -0.2) is 23.6 Å². The molecule has 0 radical (unpaired) electrons. The SMILES string of the molecule is Cc1ccc(CNC(=O)C[C@@H](C)NC(=O)OC(C)(C)C)s1. The summed E-state index contributed by atoms with van der Waals surface area (Å²) in [6.45, 7) is 9.73. The molecule has 5 nitrogen and oxygen atoms in total. The number of amides is 2. The molecular weight excluding hydrogens is 288 g/mol. The van der Waals surface area contributed by atoms with Gasteiger partial charge < -0.3 is 15.4 Å². The summed E-state index contributed by atoms with van der Waals surface area (Å²) in [5.74, 6) is -0.0930. The van der Waals surface area contributed by atoms with Gasteiger partial charge in [0, 0.05) is 22.2 Å². The number of ether oxygens (including phenoxy) is 1. The van der Waals surface area contributed by atoms with Crippen LogP contribution in [0.1, 0.15) is 43.9 Å². The largest absolute Gasteiger partial charge is 0.444 e. The second-order valence-electron chi connectivity index (χ2n) is 6.04. The van der Waals surface area contributed by atoms with Crippen LogP contribution in [0.25, 0.3) is 0 Å². The molecule has 2 N–H and O–H groups in total. The van der Waals surface area contributed by atoms with Crippen LogP contribution >= 0.6 is 11.3 Å². The minimum Gasteiger partial charge on any atom is -0.444 e. The summed E-state index contributed by atoms with van der Waals surface area (Å²) >= 11 is 1.66. The van der Waals surface area contributed by atoms with E-state index in [2.05, 4.69) is 10.6 Å². The van der Waals surface area contributed by atoms with E-state index in [1.807, 2.05) is 19.1 Å². The van der Waals surface area contributed by atoms with Gasteiger partial charge in [-0.1, -0.05) is 0 Å². The molecule has 0 aliphatic carbocycles. The third-order valence-corrected chi connectivity index (χ3v) is 3.51. The maximum absolute atomic E-state index is 11.8. The zero-order valence-electron chi connectivity index (χ0n) is 13.3. The van der Waals surface area contributed by atoms with Crippen molar-refractivity contribution in [2.75, 3.05) is 0 Å². The fourth-order valence-corrected chi connectivity index (χ4v) is 2.51. The van der Waals surface area contributed by atoms with Crippen LogP contribution in [0.4, 0.5) is 4.79 Å². The Bertz CT molecular complexity index is 491. The van der Waals surface area contributed by atoms with Crippen LogP contribution in [0.3, 0.4) is 0 Å². The Morgan fingerprint density at radius 1 is 1.33 bits per heavy atom. The first kappa shape index (κ1) is 17.5. The van der Waals surface area contributed by atoms with Gasteiger partial charge in [0.05, 0.1) is 6.54 Å². The molecule has 1 rings (SSSR count). The first-order chi connectivity index (χ1) is 9.65. The number of rotatable bonds is 5. The van der Waals surface area contributed by atoms with Crippen LogP contribution in [-0.2, 0) is 16.1 Å². The topological polar surface area (TPSA) is 67.4 Å². The Kier molecular flexibility index (Phi) is 6.20. The Hall–Kier alpha value is -1.56. The quantitative estimate of drug-likeness (QED) is 0.878. The van der Waals surface area contributed by atoms with Gasteiger partial charge in [0.1, 0.15) is 5.60 Å². The molecule has 1 heterocycles. The molecule has 0 unspecified atom stereocenters. The Labute approximate surface area is 130 Å². The predicted octanol–water partition coefficient (Wildman–Crippen LogP) is 2.98. The van der Waals surface area contributed by atoms with E-state index in [-0.39, 0.29) is 18.4 Å². The second-order valence-corrected chi connectivity index (χ2v) is 7.41. The van der Waals surface area contributed by atoms with Gasteiger partial charge in [-0.3, -0.25) is 4.79 Å². The molecule has 1 aromatic heterocycles. The highest BCUT2D eigenvalue weighted by Gasteiger charge is 2.18. The zero-order chi connectivity index (χ0) is 16.0. The molecule has 0 bridgehead atoms. The normalized spacial score (nSPS) is 12.6. The number of hydrogen-bond acceptors (Lipinski definition) is 4. The number of carbonyl (C=O) groups is 2. The second kappa shape index (κ2) is 7.45. The van der Waals surface area contributed by atoms with E-state index >= 15 is 0 Å². The van der Waals surface area contributed by atoms with E-state index in [4.69, 9.17) is 4.74 Å². The van der Waals surface area contributed by atoms with Gasteiger partial charge in [0.25, 0.3) is 0 Å². The van der Waals surface area contributed by atoms with Gasteiger partial charge in [-0.25, -0.2) is 4.79 Å². The van der Waals surface area contributed by atoms with E-state index in [0.717, 1.165) is 4.88 Å². The number of thiophene rings is 1. The first-order valence-corrected chi connectivity index (χ1v) is 7.79. The highest BCUT2D eigenvalue weighted by atomic mass is 32.1. The fraction of sp³-hybridized carbons (Fsp3) is 0.600. The van der Waals surface area contributed by atoms with E-state index in [1.54, 1.807) is 39.0 Å². The van der Waals surface area contributed by atoms with Crippen molar-refractivity contribution >= 4 is 23.3 Å². The molecule has 0 aromatic carbocycles. The van der Waals surface area contributed by atoms with Crippen molar-refractivity contribution in [1.29, 1.82) is 0 Å². The Morgan fingerprint density at radius 3 is 2.52 bits per heavy atom. The number of aryl methyl sites for hydroxylation is 1. The van der Waals surface area contributed by atoms with Gasteiger partial charge in [0.2, 0.25) is 5.91 Å². The Morgan fingerprint density at radius 2 is 2.00 bits per heavy atom. The monoisotopic (exact) mass is 312 g/mol. The molecular formula is C15H24N2O3S. The average molecular weight is 312 g/mol. The number of nitrogens with one attached hydrogen (secondary N) is 2. The fourth-order valence-electron chi connectivity index (χ4n) is 1.68. The standard InChI is InChI=1S/C15H24N2O3S/c1-10(17-14(19)20-15(3,4)5)8-13(18)16-9-12-7-6-11(2)21-12/h6-7,10H,8-9H2,1-5H3,(H,16,18)(H,17,19)/t10-/m1/s1. The molecule has 0 aliphatic rings. The lowest BCUT2D eigenvalue weighted by Gasteiger charge is -2.21. The lowest BCUT2D eigenvalue weighted by atomic mass is 10.2. The van der Waals surface area contributed by atoms with Gasteiger partial charge in [-0.2, -0.15) is 0 Å². The first-order valence-electron chi connectivity index (χ1n) is 6.97. The van der Waals surface area contributed by atoms with Crippen LogP contribution in [0, 0.1) is 6.92 Å². The summed E-state index contributed by atoms with van der Waals surface area (Å²) in [5.41, 5.74) is -0.539. The average Bonchev–Trinajstić information content (AvgIpc) is 2.69. The maximum Gasteiger partial charge on any atom is 0.407 e. The molecule has 1 atom stereocenters. The molecule has 6 heteroatoms. The molecule has 1 aromatic rings. The van der Waals surface area contributed by atoms with Crippen LogP contribution in [0.15, 0.2) is 12.1 Å². The van der Waals surface area contributed by atoms with Gasteiger partial charge >= 0.3 is 6.09 Å². The van der Waals surface area contributed by atoms with E-state index in [1.165, 1.54) is 4.88 Å². The minimum absolute atomic E-state index is 0.0930. The highest BCUT2D eigenvalue weighted by molar-refractivity contribution is 7.11. The summed E-state index contributed by atoms with van der Waals surface area (Å²) < 4.78 is 5.14. The van der Waals surface area contributed by atoms with Crippen LogP contribution in [0.5, 0.6) is 0 Å². The summed E-state index contributed by atoms with van der Waals surface area (Å²) in [7, 11) is 0. The van der Waals surface area contributed by atoms with Gasteiger partial charge in [-0.05, 0) is 46.8 Å². The van der Waals surface area contributed by atoms with Crippen molar-refractivity contribution < 1.29 is 14.3 Å². The third kappa shape index (κ3) is 7.70.